The molecular formula is C19H19F6N5O. The van der Waals surface area contributed by atoms with Crippen molar-refractivity contribution in [3.05, 3.63) is 23.7 Å². The maximum atomic E-state index is 13.4. The van der Waals surface area contributed by atoms with Gasteiger partial charge in [-0.25, -0.2) is 9.50 Å². The van der Waals surface area contributed by atoms with Gasteiger partial charge in [0.25, 0.3) is 0 Å². The van der Waals surface area contributed by atoms with E-state index in [-0.39, 0.29) is 23.6 Å². The van der Waals surface area contributed by atoms with Crippen molar-refractivity contribution >= 4 is 5.65 Å². The van der Waals surface area contributed by atoms with E-state index in [4.69, 9.17) is 10.00 Å². The molecule has 0 N–H and O–H groups in total. The van der Waals surface area contributed by atoms with Gasteiger partial charge in [-0.05, 0) is 49.7 Å². The van der Waals surface area contributed by atoms with Crippen LogP contribution in [-0.2, 0) is 12.6 Å². The first-order valence-corrected chi connectivity index (χ1v) is 9.81. The largest absolute Gasteiger partial charge is 0.477 e. The average molecular weight is 447 g/mol. The second kappa shape index (κ2) is 7.46. The number of likely N-dealkylation sites (tertiary alicyclic amines) is 1. The first-order valence-electron chi connectivity index (χ1n) is 9.81. The molecule has 2 bridgehead atoms. The lowest BCUT2D eigenvalue weighted by Gasteiger charge is -2.34. The highest BCUT2D eigenvalue weighted by atomic mass is 19.4. The summed E-state index contributed by atoms with van der Waals surface area (Å²) in [4.78, 5) is 5.82. The van der Waals surface area contributed by atoms with Gasteiger partial charge >= 0.3 is 12.4 Å². The van der Waals surface area contributed by atoms with Crippen molar-refractivity contribution in [1.82, 2.24) is 19.5 Å². The average Bonchev–Trinajstić information content (AvgIpc) is 3.17. The summed E-state index contributed by atoms with van der Waals surface area (Å²) in [5.41, 5.74) is -1.54. The minimum atomic E-state index is -4.77. The van der Waals surface area contributed by atoms with E-state index in [1.54, 1.807) is 4.90 Å². The Morgan fingerprint density at radius 1 is 1.16 bits per heavy atom. The lowest BCUT2D eigenvalue weighted by Crippen LogP contribution is -2.40. The van der Waals surface area contributed by atoms with Gasteiger partial charge in [0.15, 0.2) is 29.5 Å². The van der Waals surface area contributed by atoms with E-state index in [9.17, 15) is 26.3 Å². The molecule has 2 aromatic heterocycles. The van der Waals surface area contributed by atoms with Gasteiger partial charge in [0.2, 0.25) is 0 Å². The minimum absolute atomic E-state index is 0.106. The van der Waals surface area contributed by atoms with Crippen molar-refractivity contribution in [3.8, 4) is 11.9 Å². The maximum Gasteiger partial charge on any atom is 0.433 e. The topological polar surface area (TPSA) is 66.5 Å². The van der Waals surface area contributed by atoms with Crippen LogP contribution >= 0.6 is 0 Å². The van der Waals surface area contributed by atoms with Gasteiger partial charge in [-0.15, -0.1) is 0 Å². The van der Waals surface area contributed by atoms with Crippen LogP contribution in [0.3, 0.4) is 0 Å². The van der Waals surface area contributed by atoms with E-state index in [0.29, 0.717) is 30.1 Å². The molecular weight excluding hydrogens is 428 g/mol. The number of alkyl halides is 6. The minimum Gasteiger partial charge on any atom is -0.477 e. The Kier molecular flexibility index (Phi) is 5.18. The number of halogens is 6. The van der Waals surface area contributed by atoms with Crippen LogP contribution in [0.4, 0.5) is 26.3 Å². The van der Waals surface area contributed by atoms with Crippen molar-refractivity contribution in [2.24, 2.45) is 17.8 Å². The molecule has 1 aliphatic heterocycles. The van der Waals surface area contributed by atoms with Crippen LogP contribution in [0.1, 0.15) is 31.3 Å². The molecule has 2 unspecified atom stereocenters. The molecule has 3 heterocycles. The molecule has 1 saturated carbocycles. The quantitative estimate of drug-likeness (QED) is 0.523. The summed E-state index contributed by atoms with van der Waals surface area (Å²) >= 11 is 0. The molecule has 0 amide bonds. The number of nitrogens with zero attached hydrogens (tertiary/aromatic N) is 5. The third-order valence-electron chi connectivity index (χ3n) is 6.14. The van der Waals surface area contributed by atoms with Crippen molar-refractivity contribution in [2.45, 2.75) is 44.6 Å². The summed E-state index contributed by atoms with van der Waals surface area (Å²) in [6.45, 7) is 1.93. The fourth-order valence-electron chi connectivity index (χ4n) is 4.59. The van der Waals surface area contributed by atoms with E-state index in [1.807, 2.05) is 0 Å². The van der Waals surface area contributed by atoms with Gasteiger partial charge in [-0.3, -0.25) is 0 Å². The summed E-state index contributed by atoms with van der Waals surface area (Å²) in [6.07, 6.45) is -7.43. The third-order valence-corrected chi connectivity index (χ3v) is 6.14. The standard InChI is InChI=1S/C19H19F6N5O/c1-10(18(20,21)22)31-14-4-5-15(19(23,24)25)30-17(14)27-16(28-30)6-13-11-2-3-12(13)8-29(7-11)9-26/h4-5,10-13H,2-3,6-8H2,1H3/t10?,11-,12+,13?. The van der Waals surface area contributed by atoms with Crippen LogP contribution in [-0.4, -0.2) is 44.9 Å². The molecule has 12 heteroatoms. The molecule has 2 aromatic rings. The molecule has 1 saturated heterocycles. The van der Waals surface area contributed by atoms with Crippen LogP contribution in [0.25, 0.3) is 5.65 Å². The van der Waals surface area contributed by atoms with E-state index in [2.05, 4.69) is 16.3 Å². The van der Waals surface area contributed by atoms with Crippen LogP contribution in [0.5, 0.6) is 5.75 Å². The maximum absolute atomic E-state index is 13.4. The van der Waals surface area contributed by atoms with E-state index in [1.165, 1.54) is 0 Å². The Morgan fingerprint density at radius 2 is 1.81 bits per heavy atom. The highest BCUT2D eigenvalue weighted by molar-refractivity contribution is 5.54. The Hall–Kier alpha value is -2.71. The van der Waals surface area contributed by atoms with Gasteiger partial charge < -0.3 is 9.64 Å². The normalized spacial score (nSPS) is 25.0. The Morgan fingerprint density at radius 3 is 2.35 bits per heavy atom. The number of nitriles is 1. The zero-order valence-electron chi connectivity index (χ0n) is 16.4. The SMILES string of the molecule is CC(Oc1ccc(C(F)(F)F)n2nc(CC3[C@@H]4CC[C@H]3CN(C#N)C4)nc12)C(F)(F)F. The lowest BCUT2D eigenvalue weighted by atomic mass is 9.83. The van der Waals surface area contributed by atoms with Gasteiger partial charge in [0.1, 0.15) is 5.69 Å². The van der Waals surface area contributed by atoms with Crippen molar-refractivity contribution in [2.75, 3.05) is 13.1 Å². The van der Waals surface area contributed by atoms with Crippen LogP contribution in [0.2, 0.25) is 0 Å². The number of ether oxygens (including phenoxy) is 1. The highest BCUT2D eigenvalue weighted by Crippen LogP contribution is 2.43. The van der Waals surface area contributed by atoms with Crippen molar-refractivity contribution < 1.29 is 31.1 Å². The van der Waals surface area contributed by atoms with Crippen LogP contribution in [0.15, 0.2) is 12.1 Å². The molecule has 0 spiro atoms. The first-order chi connectivity index (χ1) is 14.5. The second-order valence-electron chi connectivity index (χ2n) is 8.12. The van der Waals surface area contributed by atoms with Gasteiger partial charge in [0, 0.05) is 19.5 Å². The molecule has 2 fully saturated rings. The number of hydrogen-bond acceptors (Lipinski definition) is 5. The predicted octanol–water partition coefficient (Wildman–Crippen LogP) is 4.06. The molecule has 0 aromatic carbocycles. The number of rotatable bonds is 4. The predicted molar refractivity (Wildman–Crippen MR) is 94.7 cm³/mol. The van der Waals surface area contributed by atoms with E-state index in [0.717, 1.165) is 25.8 Å². The number of pyridine rings is 1. The highest BCUT2D eigenvalue weighted by Gasteiger charge is 2.43. The second-order valence-corrected chi connectivity index (χ2v) is 8.12. The Bertz CT molecular complexity index is 996. The summed E-state index contributed by atoms with van der Waals surface area (Å²) < 4.78 is 84.4. The van der Waals surface area contributed by atoms with Gasteiger partial charge in [-0.1, -0.05) is 0 Å². The van der Waals surface area contributed by atoms with Crippen LogP contribution in [0, 0.1) is 29.2 Å². The molecule has 4 atom stereocenters. The van der Waals surface area contributed by atoms with Crippen molar-refractivity contribution in [1.29, 1.82) is 5.26 Å². The molecule has 2 aliphatic rings. The first kappa shape index (κ1) is 21.5. The zero-order valence-corrected chi connectivity index (χ0v) is 16.4. The Labute approximate surface area is 173 Å². The van der Waals surface area contributed by atoms with Gasteiger partial charge in [0.05, 0.1) is 0 Å². The molecule has 0 radical (unpaired) electrons. The zero-order chi connectivity index (χ0) is 22.6. The summed E-state index contributed by atoms with van der Waals surface area (Å²) in [5, 5.41) is 13.1. The smallest absolute Gasteiger partial charge is 0.433 e. The molecule has 168 valence electrons. The van der Waals surface area contributed by atoms with Crippen molar-refractivity contribution in [3.63, 3.8) is 0 Å². The monoisotopic (exact) mass is 447 g/mol. The summed E-state index contributed by atoms with van der Waals surface area (Å²) in [6, 6.07) is 1.48. The molecule has 4 rings (SSSR count). The van der Waals surface area contributed by atoms with Gasteiger partial charge in [-0.2, -0.15) is 36.7 Å². The Balaban J connectivity index is 1.68. The molecule has 6 nitrogen and oxygen atoms in total. The fourth-order valence-corrected chi connectivity index (χ4v) is 4.59. The molecule has 31 heavy (non-hydrogen) atoms. The lowest BCUT2D eigenvalue weighted by molar-refractivity contribution is -0.189. The van der Waals surface area contributed by atoms with E-state index < -0.39 is 35.5 Å². The summed E-state index contributed by atoms with van der Waals surface area (Å²) in [7, 11) is 0. The number of aromatic nitrogens is 3. The third kappa shape index (κ3) is 4.09. The number of piperidine rings is 1. The number of fused-ring (bicyclic) bond motifs is 3. The fraction of sp³-hybridized carbons (Fsp3) is 0.632. The molecule has 1 aliphatic carbocycles. The van der Waals surface area contributed by atoms with E-state index >= 15 is 0 Å². The number of hydrogen-bond donors (Lipinski definition) is 0. The van der Waals surface area contributed by atoms with Crippen LogP contribution < -0.4 is 4.74 Å². The summed E-state index contributed by atoms with van der Waals surface area (Å²) in [5.74, 6) is 0.211.